The van der Waals surface area contributed by atoms with E-state index in [4.69, 9.17) is 4.42 Å². The molecule has 0 saturated heterocycles. The van der Waals surface area contributed by atoms with Crippen LogP contribution in [0, 0.1) is 6.92 Å². The third-order valence-electron chi connectivity index (χ3n) is 5.86. The predicted octanol–water partition coefficient (Wildman–Crippen LogP) is 6.09. The first kappa shape index (κ1) is 16.3. The van der Waals surface area contributed by atoms with Gasteiger partial charge in [0.2, 0.25) is 11.4 Å². The van der Waals surface area contributed by atoms with Crippen molar-refractivity contribution >= 4 is 43.6 Å². The largest absolute Gasteiger partial charge is 0.437 e. The topological polar surface area (TPSA) is 29.9 Å². The van der Waals surface area contributed by atoms with E-state index in [2.05, 4.69) is 90.4 Å². The number of aromatic nitrogens is 2. The minimum absolute atomic E-state index is 0.689. The summed E-state index contributed by atoms with van der Waals surface area (Å²) in [5.74, 6) is 0. The molecule has 3 heterocycles. The maximum absolute atomic E-state index is 6.37. The number of rotatable bonds is 1. The van der Waals surface area contributed by atoms with E-state index in [9.17, 15) is 0 Å². The van der Waals surface area contributed by atoms with Crippen molar-refractivity contribution in [1.82, 2.24) is 4.98 Å². The molecule has 6 aromatic rings. The summed E-state index contributed by atoms with van der Waals surface area (Å²) in [5, 5.41) is 6.94. The van der Waals surface area contributed by atoms with Crippen molar-refractivity contribution in [2.45, 2.75) is 6.92 Å². The van der Waals surface area contributed by atoms with Gasteiger partial charge in [0.05, 0.1) is 10.9 Å². The number of hydrogen-bond donors (Lipinski definition) is 0. The lowest BCUT2D eigenvalue weighted by Gasteiger charge is -2.07. The van der Waals surface area contributed by atoms with Crippen molar-refractivity contribution in [2.75, 3.05) is 0 Å². The minimum Gasteiger partial charge on any atom is -0.437 e. The molecular formula is C26H19N2O+. The Bertz CT molecular complexity index is 1580. The van der Waals surface area contributed by atoms with Crippen molar-refractivity contribution in [2.24, 2.45) is 7.05 Å². The standard InChI is InChI=1S/C26H19N2O/c1-16-11-12-21-24-20-10-6-5-8-18(20)14-27-26(24)29-25(21)23(16)22-13-17-7-3-4-9-19(17)15-28(22)2/h3-15H,1-2H3/q+1. The molecule has 0 atom stereocenters. The molecule has 0 spiro atoms. The summed E-state index contributed by atoms with van der Waals surface area (Å²) in [4.78, 5) is 4.61. The van der Waals surface area contributed by atoms with Crippen molar-refractivity contribution < 1.29 is 8.98 Å². The van der Waals surface area contributed by atoms with Gasteiger partial charge in [0.1, 0.15) is 7.05 Å². The Morgan fingerprint density at radius 3 is 2.45 bits per heavy atom. The lowest BCUT2D eigenvalue weighted by molar-refractivity contribution is -0.659. The Labute approximate surface area is 167 Å². The van der Waals surface area contributed by atoms with Gasteiger partial charge in [-0.25, -0.2) is 9.55 Å². The number of nitrogens with zero attached hydrogens (tertiary/aromatic N) is 2. The van der Waals surface area contributed by atoms with E-state index in [1.807, 2.05) is 12.3 Å². The molecule has 0 aliphatic heterocycles. The minimum atomic E-state index is 0.689. The highest BCUT2D eigenvalue weighted by Crippen LogP contribution is 2.39. The molecule has 3 heteroatoms. The maximum Gasteiger partial charge on any atom is 0.227 e. The van der Waals surface area contributed by atoms with Gasteiger partial charge in [0, 0.05) is 28.4 Å². The zero-order valence-corrected chi connectivity index (χ0v) is 16.3. The van der Waals surface area contributed by atoms with Gasteiger partial charge in [-0.15, -0.1) is 0 Å². The Morgan fingerprint density at radius 1 is 0.828 bits per heavy atom. The predicted molar refractivity (Wildman–Crippen MR) is 118 cm³/mol. The molecule has 0 aliphatic carbocycles. The molecule has 29 heavy (non-hydrogen) atoms. The van der Waals surface area contributed by atoms with Gasteiger partial charge < -0.3 is 4.42 Å². The monoisotopic (exact) mass is 375 g/mol. The van der Waals surface area contributed by atoms with Crippen LogP contribution in [0.15, 0.2) is 83.5 Å². The average molecular weight is 375 g/mol. The highest BCUT2D eigenvalue weighted by molar-refractivity contribution is 6.19. The number of furan rings is 1. The molecule has 0 unspecified atom stereocenters. The van der Waals surface area contributed by atoms with Crippen LogP contribution in [0.25, 0.3) is 54.9 Å². The summed E-state index contributed by atoms with van der Waals surface area (Å²) in [6.45, 7) is 2.14. The van der Waals surface area contributed by atoms with Crippen LogP contribution in [0.2, 0.25) is 0 Å². The number of pyridine rings is 2. The second-order valence-electron chi connectivity index (χ2n) is 7.66. The molecule has 138 valence electrons. The van der Waals surface area contributed by atoms with Gasteiger partial charge in [-0.3, -0.25) is 0 Å². The van der Waals surface area contributed by atoms with E-state index in [1.54, 1.807) is 0 Å². The number of hydrogen-bond acceptors (Lipinski definition) is 2. The number of benzene rings is 3. The molecule has 0 fully saturated rings. The van der Waals surface area contributed by atoms with Crippen molar-refractivity contribution in [3.63, 3.8) is 0 Å². The molecule has 0 radical (unpaired) electrons. The SMILES string of the molecule is Cc1ccc2c(oc3ncc4ccccc4c32)c1-c1cc2ccccc2c[n+]1C. The van der Waals surface area contributed by atoms with Crippen molar-refractivity contribution in [1.29, 1.82) is 0 Å². The zero-order chi connectivity index (χ0) is 19.5. The molecule has 3 nitrogen and oxygen atoms in total. The quantitative estimate of drug-likeness (QED) is 0.326. The summed E-state index contributed by atoms with van der Waals surface area (Å²) in [6, 6.07) is 23.4. The van der Waals surface area contributed by atoms with Gasteiger partial charge in [-0.05, 0) is 29.3 Å². The fourth-order valence-electron chi connectivity index (χ4n) is 4.42. The normalized spacial score (nSPS) is 11.8. The van der Waals surface area contributed by atoms with Crippen LogP contribution in [0.1, 0.15) is 5.56 Å². The van der Waals surface area contributed by atoms with Crippen molar-refractivity contribution in [3.05, 3.63) is 84.7 Å². The molecule has 0 N–H and O–H groups in total. The first-order chi connectivity index (χ1) is 14.2. The van der Waals surface area contributed by atoms with Crippen LogP contribution >= 0.6 is 0 Å². The second kappa shape index (κ2) is 5.89. The summed E-state index contributed by atoms with van der Waals surface area (Å²) < 4.78 is 8.55. The zero-order valence-electron chi connectivity index (χ0n) is 16.3. The summed E-state index contributed by atoms with van der Waals surface area (Å²) in [7, 11) is 2.09. The fraction of sp³-hybridized carbons (Fsp3) is 0.0769. The van der Waals surface area contributed by atoms with Crippen LogP contribution in [0.3, 0.4) is 0 Å². The van der Waals surface area contributed by atoms with E-state index >= 15 is 0 Å². The molecule has 0 bridgehead atoms. The van der Waals surface area contributed by atoms with Gasteiger partial charge in [-0.1, -0.05) is 54.6 Å². The van der Waals surface area contributed by atoms with Gasteiger partial charge >= 0.3 is 0 Å². The highest BCUT2D eigenvalue weighted by Gasteiger charge is 2.22. The molecule has 3 aromatic carbocycles. The third-order valence-corrected chi connectivity index (χ3v) is 5.86. The molecule has 0 aliphatic rings. The Morgan fingerprint density at radius 2 is 1.59 bits per heavy atom. The van der Waals surface area contributed by atoms with E-state index in [-0.39, 0.29) is 0 Å². The van der Waals surface area contributed by atoms with Gasteiger partial charge in [0.15, 0.2) is 11.8 Å². The van der Waals surface area contributed by atoms with Crippen LogP contribution < -0.4 is 4.57 Å². The molecule has 0 amide bonds. The lowest BCUT2D eigenvalue weighted by Crippen LogP contribution is -2.30. The molecule has 6 rings (SSSR count). The Hall–Kier alpha value is -3.72. The summed E-state index contributed by atoms with van der Waals surface area (Å²) >= 11 is 0. The van der Waals surface area contributed by atoms with Crippen LogP contribution in [-0.2, 0) is 7.05 Å². The summed E-state index contributed by atoms with van der Waals surface area (Å²) in [6.07, 6.45) is 4.07. The third kappa shape index (κ3) is 2.31. The fourth-order valence-corrected chi connectivity index (χ4v) is 4.42. The number of fused-ring (bicyclic) bond motifs is 6. The van der Waals surface area contributed by atoms with E-state index in [0.29, 0.717) is 5.71 Å². The first-order valence-corrected chi connectivity index (χ1v) is 9.79. The summed E-state index contributed by atoms with van der Waals surface area (Å²) in [5.41, 5.74) is 5.03. The maximum atomic E-state index is 6.37. The molecular weight excluding hydrogens is 356 g/mol. The number of aryl methyl sites for hydroxylation is 2. The molecule has 3 aromatic heterocycles. The first-order valence-electron chi connectivity index (χ1n) is 9.79. The smallest absolute Gasteiger partial charge is 0.227 e. The lowest BCUT2D eigenvalue weighted by atomic mass is 9.98. The van der Waals surface area contributed by atoms with Crippen molar-refractivity contribution in [3.8, 4) is 11.3 Å². The van der Waals surface area contributed by atoms with Gasteiger partial charge in [0.25, 0.3) is 0 Å². The average Bonchev–Trinajstić information content (AvgIpc) is 3.12. The van der Waals surface area contributed by atoms with E-state index < -0.39 is 0 Å². The molecule has 0 saturated carbocycles. The second-order valence-corrected chi connectivity index (χ2v) is 7.66. The Balaban J connectivity index is 1.76. The Kier molecular flexibility index (Phi) is 3.30. The van der Waals surface area contributed by atoms with Crippen LogP contribution in [-0.4, -0.2) is 4.98 Å². The van der Waals surface area contributed by atoms with Crippen LogP contribution in [0.4, 0.5) is 0 Å². The van der Waals surface area contributed by atoms with Crippen LogP contribution in [0.5, 0.6) is 0 Å². The highest BCUT2D eigenvalue weighted by atomic mass is 16.3. The van der Waals surface area contributed by atoms with Gasteiger partial charge in [-0.2, -0.15) is 0 Å². The van der Waals surface area contributed by atoms with E-state index in [0.717, 1.165) is 33.0 Å². The van der Waals surface area contributed by atoms with E-state index in [1.165, 1.54) is 21.7 Å².